The molecule has 9 heteroatoms. The number of methoxy groups -OCH3 is 1. The highest BCUT2D eigenvalue weighted by molar-refractivity contribution is 7.22. The molecule has 0 aliphatic carbocycles. The fourth-order valence-electron chi connectivity index (χ4n) is 6.13. The zero-order valence-corrected chi connectivity index (χ0v) is 23.5. The molecule has 2 fully saturated rings. The largest absolute Gasteiger partial charge is 0.497 e. The first-order chi connectivity index (χ1) is 19.5. The number of aromatic nitrogens is 2. The zero-order chi connectivity index (χ0) is 27.5. The summed E-state index contributed by atoms with van der Waals surface area (Å²) in [4.78, 5) is 34.2. The van der Waals surface area contributed by atoms with E-state index in [1.54, 1.807) is 7.11 Å². The Morgan fingerprint density at radius 2 is 1.93 bits per heavy atom. The third-order valence-electron chi connectivity index (χ3n) is 8.36. The summed E-state index contributed by atoms with van der Waals surface area (Å²) in [5, 5.41) is 3.14. The number of carbonyl (C=O) groups is 1. The molecule has 0 radical (unpaired) electrons. The van der Waals surface area contributed by atoms with Crippen molar-refractivity contribution >= 4 is 27.5 Å². The lowest BCUT2D eigenvalue weighted by molar-refractivity contribution is -0.122. The van der Waals surface area contributed by atoms with Gasteiger partial charge in [-0.25, -0.2) is 4.98 Å². The van der Waals surface area contributed by atoms with Crippen LogP contribution in [0, 0.1) is 11.3 Å². The van der Waals surface area contributed by atoms with E-state index >= 15 is 0 Å². The van der Waals surface area contributed by atoms with Gasteiger partial charge in [0, 0.05) is 44.3 Å². The number of carbonyl (C=O) groups excluding carboxylic acids is 1. The molecule has 1 N–H and O–H groups in total. The number of ether oxygens (including phenoxy) is 2. The number of nitrogens with zero attached hydrogens (tertiary/aromatic N) is 3. The van der Waals surface area contributed by atoms with E-state index in [-0.39, 0.29) is 23.4 Å². The van der Waals surface area contributed by atoms with Crippen LogP contribution in [0.1, 0.15) is 18.4 Å². The maximum atomic E-state index is 13.2. The number of nitrogens with one attached hydrogen (secondary N) is 1. The summed E-state index contributed by atoms with van der Waals surface area (Å²) >= 11 is 1.40. The molecule has 208 valence electrons. The van der Waals surface area contributed by atoms with Crippen LogP contribution in [0.2, 0.25) is 0 Å². The van der Waals surface area contributed by atoms with Gasteiger partial charge >= 0.3 is 0 Å². The number of thiophene rings is 1. The average molecular weight is 559 g/mol. The molecular weight excluding hydrogens is 524 g/mol. The van der Waals surface area contributed by atoms with Crippen LogP contribution in [0.25, 0.3) is 20.7 Å². The van der Waals surface area contributed by atoms with Gasteiger partial charge in [-0.3, -0.25) is 19.1 Å². The summed E-state index contributed by atoms with van der Waals surface area (Å²) in [5.41, 5.74) is 2.89. The third kappa shape index (κ3) is 5.54. The molecule has 4 heterocycles. The van der Waals surface area contributed by atoms with Gasteiger partial charge in [0.1, 0.15) is 17.0 Å². The van der Waals surface area contributed by atoms with E-state index in [1.807, 2.05) is 36.4 Å². The van der Waals surface area contributed by atoms with Crippen molar-refractivity contribution in [2.45, 2.75) is 25.9 Å². The Kier molecular flexibility index (Phi) is 7.69. The van der Waals surface area contributed by atoms with E-state index in [9.17, 15) is 9.59 Å². The summed E-state index contributed by atoms with van der Waals surface area (Å²) in [6.45, 7) is 4.94. The normalized spacial score (nSPS) is 18.8. The van der Waals surface area contributed by atoms with Crippen molar-refractivity contribution in [3.8, 4) is 16.2 Å². The molecule has 0 bridgehead atoms. The molecule has 1 spiro atoms. The maximum Gasteiger partial charge on any atom is 0.271 e. The zero-order valence-electron chi connectivity index (χ0n) is 22.7. The SMILES string of the molecule is COc1ccc(-c2cc3ncn(CC(=O)NCC4CN(Cc5ccccc5)CC45CCOCC5)c(=O)c3s2)cc1. The Hall–Kier alpha value is -3.53. The Morgan fingerprint density at radius 1 is 1.15 bits per heavy atom. The van der Waals surface area contributed by atoms with Crippen LogP contribution >= 0.6 is 11.3 Å². The Balaban J connectivity index is 1.12. The lowest BCUT2D eigenvalue weighted by Crippen LogP contribution is -2.43. The van der Waals surface area contributed by atoms with Gasteiger partial charge in [0.15, 0.2) is 0 Å². The standard InChI is InChI=1S/C31H34N4O4S/c1-38-25-9-7-23(8-10-25)27-15-26-29(40-27)30(37)35(21-33-26)19-28(36)32-16-24-18-34(17-22-5-3-2-4-6-22)20-31(24)11-13-39-14-12-31/h2-10,15,21,24H,11-14,16-20H2,1H3,(H,32,36). The van der Waals surface area contributed by atoms with Crippen molar-refractivity contribution in [1.29, 1.82) is 0 Å². The summed E-state index contributed by atoms with van der Waals surface area (Å²) in [5.74, 6) is 0.949. The Bertz CT molecular complexity index is 1530. The third-order valence-corrected chi connectivity index (χ3v) is 9.52. The molecule has 2 aliphatic rings. The van der Waals surface area contributed by atoms with Gasteiger partial charge < -0.3 is 14.8 Å². The highest BCUT2D eigenvalue weighted by Crippen LogP contribution is 2.44. The molecule has 8 nitrogen and oxygen atoms in total. The van der Waals surface area contributed by atoms with E-state index in [4.69, 9.17) is 9.47 Å². The number of rotatable bonds is 8. The molecule has 1 atom stereocenters. The number of hydrogen-bond acceptors (Lipinski definition) is 7. The number of likely N-dealkylation sites (tertiary alicyclic amines) is 1. The summed E-state index contributed by atoms with van der Waals surface area (Å²) in [7, 11) is 1.63. The van der Waals surface area contributed by atoms with Gasteiger partial charge in [-0.05, 0) is 65.6 Å². The van der Waals surface area contributed by atoms with Crippen molar-refractivity contribution in [1.82, 2.24) is 19.8 Å². The molecule has 6 rings (SSSR count). The first-order valence-electron chi connectivity index (χ1n) is 13.8. The summed E-state index contributed by atoms with van der Waals surface area (Å²) in [6.07, 6.45) is 3.49. The van der Waals surface area contributed by atoms with Gasteiger partial charge in [-0.2, -0.15) is 0 Å². The molecule has 1 unspecified atom stereocenters. The van der Waals surface area contributed by atoms with E-state index in [2.05, 4.69) is 39.5 Å². The average Bonchev–Trinajstić information content (AvgIpc) is 3.56. The van der Waals surface area contributed by atoms with E-state index in [0.29, 0.717) is 22.7 Å². The van der Waals surface area contributed by atoms with Gasteiger partial charge in [-0.15, -0.1) is 11.3 Å². The lowest BCUT2D eigenvalue weighted by Gasteiger charge is -2.38. The van der Waals surface area contributed by atoms with Crippen LogP contribution in [0.3, 0.4) is 0 Å². The molecule has 2 aromatic carbocycles. The van der Waals surface area contributed by atoms with E-state index < -0.39 is 0 Å². The lowest BCUT2D eigenvalue weighted by atomic mass is 9.72. The second kappa shape index (κ2) is 11.5. The minimum atomic E-state index is -0.194. The van der Waals surface area contributed by atoms with Crippen LogP contribution in [0.4, 0.5) is 0 Å². The van der Waals surface area contributed by atoms with Crippen molar-refractivity contribution in [3.63, 3.8) is 0 Å². The Labute approximate surface area is 237 Å². The molecule has 40 heavy (non-hydrogen) atoms. The number of benzene rings is 2. The van der Waals surface area contributed by atoms with Crippen molar-refractivity contribution in [3.05, 3.63) is 82.9 Å². The van der Waals surface area contributed by atoms with E-state index in [0.717, 1.165) is 61.9 Å². The monoisotopic (exact) mass is 558 g/mol. The fraction of sp³-hybridized carbons (Fsp3) is 0.387. The Morgan fingerprint density at radius 3 is 2.67 bits per heavy atom. The topological polar surface area (TPSA) is 85.7 Å². The molecule has 2 aromatic heterocycles. The minimum absolute atomic E-state index is 0.0475. The first kappa shape index (κ1) is 26.7. The van der Waals surface area contributed by atoms with Crippen LogP contribution in [0.5, 0.6) is 5.75 Å². The smallest absolute Gasteiger partial charge is 0.271 e. The van der Waals surface area contributed by atoms with Crippen molar-refractivity contribution in [2.75, 3.05) is 40.0 Å². The first-order valence-corrected chi connectivity index (χ1v) is 14.6. The van der Waals surface area contributed by atoms with Crippen LogP contribution in [-0.2, 0) is 22.6 Å². The highest BCUT2D eigenvalue weighted by atomic mass is 32.1. The summed E-state index contributed by atoms with van der Waals surface area (Å²) < 4.78 is 12.9. The van der Waals surface area contributed by atoms with Crippen LogP contribution in [-0.4, -0.2) is 60.3 Å². The predicted octanol–water partition coefficient (Wildman–Crippen LogP) is 4.18. The van der Waals surface area contributed by atoms with Gasteiger partial charge in [0.05, 0.1) is 19.0 Å². The van der Waals surface area contributed by atoms with Crippen molar-refractivity contribution in [2.24, 2.45) is 11.3 Å². The number of fused-ring (bicyclic) bond motifs is 1. The molecule has 2 aliphatic heterocycles. The predicted molar refractivity (Wildman–Crippen MR) is 157 cm³/mol. The second-order valence-electron chi connectivity index (χ2n) is 10.9. The molecule has 1 amide bonds. The van der Waals surface area contributed by atoms with E-state index in [1.165, 1.54) is 27.8 Å². The van der Waals surface area contributed by atoms with Crippen LogP contribution < -0.4 is 15.6 Å². The minimum Gasteiger partial charge on any atom is -0.497 e. The molecule has 2 saturated heterocycles. The maximum absolute atomic E-state index is 13.2. The summed E-state index contributed by atoms with van der Waals surface area (Å²) in [6, 6.07) is 20.2. The second-order valence-corrected chi connectivity index (χ2v) is 11.9. The van der Waals surface area contributed by atoms with Gasteiger partial charge in [0.25, 0.3) is 5.56 Å². The van der Waals surface area contributed by atoms with Gasteiger partial charge in [0.2, 0.25) is 5.91 Å². The number of hydrogen-bond donors (Lipinski definition) is 1. The molecular formula is C31H34N4O4S. The fourth-order valence-corrected chi connectivity index (χ4v) is 7.20. The van der Waals surface area contributed by atoms with Crippen LogP contribution in [0.15, 0.2) is 71.8 Å². The molecule has 0 saturated carbocycles. The highest BCUT2D eigenvalue weighted by Gasteiger charge is 2.47. The van der Waals surface area contributed by atoms with Gasteiger partial charge in [-0.1, -0.05) is 30.3 Å². The quantitative estimate of drug-likeness (QED) is 0.349. The number of amides is 1. The van der Waals surface area contributed by atoms with Crippen molar-refractivity contribution < 1.29 is 14.3 Å². The molecule has 4 aromatic rings.